The first-order valence-electron chi connectivity index (χ1n) is 6.07. The Labute approximate surface area is 112 Å². The molecule has 1 aromatic carbocycles. The number of carbonyl (C=O) groups is 1. The standard InChI is InChI=1S/C14H17NO4/c1-3-4-5-18-14(16)10-19-13-7-11(9-15)6-12(8-13)17-2/h6-8H,3-5,10H2,1-2H3. The van der Waals surface area contributed by atoms with Crippen molar-refractivity contribution in [2.45, 2.75) is 19.8 Å². The molecule has 1 rings (SSSR count). The van der Waals surface area contributed by atoms with E-state index in [4.69, 9.17) is 19.5 Å². The molecule has 0 bridgehead atoms. The van der Waals surface area contributed by atoms with Crippen LogP contribution in [0.1, 0.15) is 25.3 Å². The molecule has 0 radical (unpaired) electrons. The Morgan fingerprint density at radius 1 is 1.32 bits per heavy atom. The maximum Gasteiger partial charge on any atom is 0.344 e. The summed E-state index contributed by atoms with van der Waals surface area (Å²) in [4.78, 5) is 11.4. The molecule has 0 amide bonds. The Hall–Kier alpha value is -2.22. The number of nitrogens with zero attached hydrogens (tertiary/aromatic N) is 1. The average molecular weight is 263 g/mol. The predicted octanol–water partition coefficient (Wildman–Crippen LogP) is 2.29. The van der Waals surface area contributed by atoms with Crippen molar-refractivity contribution in [3.05, 3.63) is 23.8 Å². The number of hydrogen-bond donors (Lipinski definition) is 0. The van der Waals surface area contributed by atoms with Crippen LogP contribution in [-0.2, 0) is 9.53 Å². The molecule has 0 atom stereocenters. The quantitative estimate of drug-likeness (QED) is 0.557. The maximum atomic E-state index is 11.4. The lowest BCUT2D eigenvalue weighted by atomic mass is 10.2. The van der Waals surface area contributed by atoms with Crippen LogP contribution in [0.5, 0.6) is 11.5 Å². The lowest BCUT2D eigenvalue weighted by molar-refractivity contribution is -0.146. The molecule has 0 saturated carbocycles. The van der Waals surface area contributed by atoms with Crippen LogP contribution in [0.25, 0.3) is 0 Å². The summed E-state index contributed by atoms with van der Waals surface area (Å²) in [7, 11) is 1.50. The smallest absolute Gasteiger partial charge is 0.344 e. The fourth-order valence-corrected chi connectivity index (χ4v) is 1.35. The number of hydrogen-bond acceptors (Lipinski definition) is 5. The van der Waals surface area contributed by atoms with Crippen LogP contribution >= 0.6 is 0 Å². The fourth-order valence-electron chi connectivity index (χ4n) is 1.35. The molecule has 5 nitrogen and oxygen atoms in total. The number of nitriles is 1. The highest BCUT2D eigenvalue weighted by atomic mass is 16.6. The monoisotopic (exact) mass is 263 g/mol. The summed E-state index contributed by atoms with van der Waals surface area (Å²) >= 11 is 0. The van der Waals surface area contributed by atoms with Crippen LogP contribution in [-0.4, -0.2) is 26.3 Å². The first-order valence-corrected chi connectivity index (χ1v) is 6.07. The highest BCUT2D eigenvalue weighted by molar-refractivity contribution is 5.71. The zero-order valence-corrected chi connectivity index (χ0v) is 11.1. The number of ether oxygens (including phenoxy) is 3. The Morgan fingerprint density at radius 2 is 2.05 bits per heavy atom. The van der Waals surface area contributed by atoms with Gasteiger partial charge in [0.2, 0.25) is 0 Å². The molecule has 19 heavy (non-hydrogen) atoms. The van der Waals surface area contributed by atoms with Gasteiger partial charge in [-0.2, -0.15) is 5.26 Å². The zero-order chi connectivity index (χ0) is 14.1. The van der Waals surface area contributed by atoms with Crippen LogP contribution in [0.2, 0.25) is 0 Å². The van der Waals surface area contributed by atoms with Crippen LogP contribution in [0.3, 0.4) is 0 Å². The SMILES string of the molecule is CCCCOC(=O)COc1cc(C#N)cc(OC)c1. The minimum Gasteiger partial charge on any atom is -0.497 e. The number of unbranched alkanes of at least 4 members (excludes halogenated alkanes) is 1. The highest BCUT2D eigenvalue weighted by Gasteiger charge is 2.06. The largest absolute Gasteiger partial charge is 0.497 e. The molecule has 0 unspecified atom stereocenters. The topological polar surface area (TPSA) is 68.5 Å². The lowest BCUT2D eigenvalue weighted by Crippen LogP contribution is -2.15. The third kappa shape index (κ3) is 5.30. The van der Waals surface area contributed by atoms with Gasteiger partial charge < -0.3 is 14.2 Å². The number of methoxy groups -OCH3 is 1. The molecule has 0 fully saturated rings. The number of carbonyl (C=O) groups excluding carboxylic acids is 1. The van der Waals surface area contributed by atoms with Gasteiger partial charge in [0.05, 0.1) is 25.3 Å². The van der Waals surface area contributed by atoms with E-state index >= 15 is 0 Å². The van der Waals surface area contributed by atoms with Crippen molar-refractivity contribution in [2.75, 3.05) is 20.3 Å². The molecule has 102 valence electrons. The first-order chi connectivity index (χ1) is 9.19. The van der Waals surface area contributed by atoms with E-state index in [1.807, 2.05) is 13.0 Å². The number of rotatable bonds is 7. The third-order valence-corrected chi connectivity index (χ3v) is 2.36. The van der Waals surface area contributed by atoms with Gasteiger partial charge in [0, 0.05) is 6.07 Å². The van der Waals surface area contributed by atoms with Gasteiger partial charge >= 0.3 is 5.97 Å². The molecule has 0 saturated heterocycles. The molecule has 0 aliphatic rings. The van der Waals surface area contributed by atoms with Crippen LogP contribution < -0.4 is 9.47 Å². The maximum absolute atomic E-state index is 11.4. The second kappa shape index (κ2) is 7.98. The molecular weight excluding hydrogens is 246 g/mol. The van der Waals surface area contributed by atoms with Crippen LogP contribution in [0, 0.1) is 11.3 Å². The summed E-state index contributed by atoms with van der Waals surface area (Å²) in [6.07, 6.45) is 1.80. The minimum absolute atomic E-state index is 0.179. The van der Waals surface area contributed by atoms with Gasteiger partial charge in [-0.15, -0.1) is 0 Å². The highest BCUT2D eigenvalue weighted by Crippen LogP contribution is 2.22. The summed E-state index contributed by atoms with van der Waals surface area (Å²) in [6.45, 7) is 2.24. The molecular formula is C14H17NO4. The molecule has 0 aliphatic carbocycles. The fraction of sp³-hybridized carbons (Fsp3) is 0.429. The molecule has 0 aromatic heterocycles. The summed E-state index contributed by atoms with van der Waals surface area (Å²) in [5, 5.41) is 8.85. The molecule has 0 heterocycles. The minimum atomic E-state index is -0.422. The molecule has 1 aromatic rings. The van der Waals surface area contributed by atoms with E-state index in [0.717, 1.165) is 12.8 Å². The van der Waals surface area contributed by atoms with Gasteiger partial charge in [-0.1, -0.05) is 13.3 Å². The van der Waals surface area contributed by atoms with Crippen molar-refractivity contribution in [3.8, 4) is 17.6 Å². The van der Waals surface area contributed by atoms with Gasteiger partial charge in [0.15, 0.2) is 6.61 Å². The zero-order valence-electron chi connectivity index (χ0n) is 11.1. The van der Waals surface area contributed by atoms with Crippen molar-refractivity contribution in [2.24, 2.45) is 0 Å². The Balaban J connectivity index is 2.53. The van der Waals surface area contributed by atoms with E-state index in [2.05, 4.69) is 0 Å². The second-order valence-corrected chi connectivity index (χ2v) is 3.87. The van der Waals surface area contributed by atoms with E-state index in [1.165, 1.54) is 7.11 Å². The van der Waals surface area contributed by atoms with Gasteiger partial charge in [0.1, 0.15) is 11.5 Å². The van der Waals surface area contributed by atoms with E-state index < -0.39 is 5.97 Å². The third-order valence-electron chi connectivity index (χ3n) is 2.36. The van der Waals surface area contributed by atoms with E-state index in [0.29, 0.717) is 23.7 Å². The molecule has 0 spiro atoms. The molecule has 0 aliphatic heterocycles. The number of benzene rings is 1. The Kier molecular flexibility index (Phi) is 6.23. The average Bonchev–Trinajstić information content (AvgIpc) is 2.45. The molecule has 0 N–H and O–H groups in total. The van der Waals surface area contributed by atoms with Gasteiger partial charge in [-0.05, 0) is 18.6 Å². The van der Waals surface area contributed by atoms with E-state index in [9.17, 15) is 4.79 Å². The molecule has 5 heteroatoms. The first kappa shape index (κ1) is 14.8. The van der Waals surface area contributed by atoms with Gasteiger partial charge in [-0.3, -0.25) is 0 Å². The second-order valence-electron chi connectivity index (χ2n) is 3.87. The summed E-state index contributed by atoms with van der Waals surface area (Å²) < 4.78 is 15.3. The normalized spacial score (nSPS) is 9.53. The summed E-state index contributed by atoms with van der Waals surface area (Å²) in [5.74, 6) is 0.492. The number of esters is 1. The predicted molar refractivity (Wildman–Crippen MR) is 69.1 cm³/mol. The summed E-state index contributed by atoms with van der Waals surface area (Å²) in [5.41, 5.74) is 0.411. The Morgan fingerprint density at radius 3 is 2.68 bits per heavy atom. The van der Waals surface area contributed by atoms with Crippen molar-refractivity contribution >= 4 is 5.97 Å². The summed E-state index contributed by atoms with van der Waals surface area (Å²) in [6, 6.07) is 6.74. The van der Waals surface area contributed by atoms with Gasteiger partial charge in [-0.25, -0.2) is 4.79 Å². The van der Waals surface area contributed by atoms with E-state index in [1.54, 1.807) is 18.2 Å². The van der Waals surface area contributed by atoms with Crippen LogP contribution in [0.4, 0.5) is 0 Å². The lowest BCUT2D eigenvalue weighted by Gasteiger charge is -2.08. The van der Waals surface area contributed by atoms with Crippen molar-refractivity contribution in [1.82, 2.24) is 0 Å². The van der Waals surface area contributed by atoms with Crippen molar-refractivity contribution in [1.29, 1.82) is 5.26 Å². The Bertz CT molecular complexity index is 465. The van der Waals surface area contributed by atoms with Gasteiger partial charge in [0.25, 0.3) is 0 Å². The van der Waals surface area contributed by atoms with E-state index in [-0.39, 0.29) is 6.61 Å². The van der Waals surface area contributed by atoms with Crippen LogP contribution in [0.15, 0.2) is 18.2 Å². The van der Waals surface area contributed by atoms with Crippen molar-refractivity contribution in [3.63, 3.8) is 0 Å². The van der Waals surface area contributed by atoms with Crippen molar-refractivity contribution < 1.29 is 19.0 Å².